The highest BCUT2D eigenvalue weighted by Crippen LogP contribution is 2.06. The van der Waals surface area contributed by atoms with Crippen molar-refractivity contribution in [3.63, 3.8) is 0 Å². The van der Waals surface area contributed by atoms with Gasteiger partial charge in [0, 0.05) is 5.54 Å². The molecule has 0 spiro atoms. The molecule has 1 rings (SSSR count). The molecule has 0 heterocycles. The van der Waals surface area contributed by atoms with Crippen molar-refractivity contribution in [2.45, 2.75) is 45.6 Å². The second-order valence-corrected chi connectivity index (χ2v) is 5.55. The average molecular weight is 262 g/mol. The van der Waals surface area contributed by atoms with Crippen molar-refractivity contribution in [3.8, 4) is 0 Å². The summed E-state index contributed by atoms with van der Waals surface area (Å²) in [5.41, 5.74) is 1.24. The maximum absolute atomic E-state index is 11.7. The van der Waals surface area contributed by atoms with Crippen LogP contribution < -0.4 is 10.6 Å². The number of benzene rings is 1. The molecule has 0 aromatic heterocycles. The van der Waals surface area contributed by atoms with Crippen LogP contribution in [0.1, 0.15) is 39.2 Å². The van der Waals surface area contributed by atoms with Gasteiger partial charge in [0.1, 0.15) is 0 Å². The molecular weight excluding hydrogens is 236 g/mol. The first-order chi connectivity index (χ1) is 9.03. The summed E-state index contributed by atoms with van der Waals surface area (Å²) < 4.78 is 0. The fourth-order valence-electron chi connectivity index (χ4n) is 1.77. The first kappa shape index (κ1) is 15.7. The molecule has 1 amide bonds. The molecule has 0 aliphatic carbocycles. The number of amides is 1. The molecule has 0 aliphatic heterocycles. The first-order valence-electron chi connectivity index (χ1n) is 7.09. The molecule has 19 heavy (non-hydrogen) atoms. The molecular formula is C16H26N2O. The lowest BCUT2D eigenvalue weighted by Crippen LogP contribution is -2.46. The minimum atomic E-state index is -0.108. The predicted molar refractivity (Wildman–Crippen MR) is 80.1 cm³/mol. The minimum absolute atomic E-state index is 0.0755. The van der Waals surface area contributed by atoms with Crippen molar-refractivity contribution in [2.24, 2.45) is 0 Å². The molecule has 0 unspecified atom stereocenters. The van der Waals surface area contributed by atoms with E-state index in [9.17, 15) is 4.79 Å². The van der Waals surface area contributed by atoms with Gasteiger partial charge < -0.3 is 10.6 Å². The van der Waals surface area contributed by atoms with Crippen molar-refractivity contribution in [1.29, 1.82) is 0 Å². The van der Waals surface area contributed by atoms with Crippen LogP contribution in [0.15, 0.2) is 30.3 Å². The van der Waals surface area contributed by atoms with E-state index >= 15 is 0 Å². The zero-order chi connectivity index (χ0) is 14.1. The number of carbonyl (C=O) groups excluding carboxylic acids is 1. The molecule has 3 heteroatoms. The Bertz CT molecular complexity index is 374. The third-order valence-corrected chi connectivity index (χ3v) is 3.31. The van der Waals surface area contributed by atoms with Gasteiger partial charge in [0.05, 0.1) is 6.54 Å². The van der Waals surface area contributed by atoms with Gasteiger partial charge in [-0.15, -0.1) is 0 Å². The minimum Gasteiger partial charge on any atom is -0.350 e. The van der Waals surface area contributed by atoms with E-state index in [0.717, 1.165) is 25.8 Å². The monoisotopic (exact) mass is 262 g/mol. The number of aryl methyl sites for hydroxylation is 1. The van der Waals surface area contributed by atoms with Crippen molar-refractivity contribution >= 4 is 5.91 Å². The van der Waals surface area contributed by atoms with Crippen molar-refractivity contribution in [1.82, 2.24) is 10.6 Å². The van der Waals surface area contributed by atoms with Gasteiger partial charge in [-0.3, -0.25) is 4.79 Å². The smallest absolute Gasteiger partial charge is 0.234 e. The Balaban J connectivity index is 2.09. The molecule has 0 aliphatic rings. The fourth-order valence-corrected chi connectivity index (χ4v) is 1.77. The van der Waals surface area contributed by atoms with Gasteiger partial charge in [0.25, 0.3) is 0 Å². The molecule has 3 nitrogen and oxygen atoms in total. The molecule has 0 radical (unpaired) electrons. The van der Waals surface area contributed by atoms with Crippen LogP contribution in [0.5, 0.6) is 0 Å². The first-order valence-corrected chi connectivity index (χ1v) is 7.09. The summed E-state index contributed by atoms with van der Waals surface area (Å²) in [6.07, 6.45) is 3.04. The van der Waals surface area contributed by atoms with E-state index in [4.69, 9.17) is 0 Å². The Morgan fingerprint density at radius 2 is 1.89 bits per heavy atom. The Morgan fingerprint density at radius 1 is 1.21 bits per heavy atom. The lowest BCUT2D eigenvalue weighted by molar-refractivity contribution is -0.121. The summed E-state index contributed by atoms with van der Waals surface area (Å²) in [5, 5.41) is 6.20. The lowest BCUT2D eigenvalue weighted by Gasteiger charge is -2.24. The highest BCUT2D eigenvalue weighted by molar-refractivity contribution is 5.78. The highest BCUT2D eigenvalue weighted by atomic mass is 16.2. The lowest BCUT2D eigenvalue weighted by atomic mass is 10.0. The Kier molecular flexibility index (Phi) is 6.57. The van der Waals surface area contributed by atoms with Crippen molar-refractivity contribution in [2.75, 3.05) is 13.1 Å². The molecule has 0 bridgehead atoms. The number of nitrogens with one attached hydrogen (secondary N) is 2. The van der Waals surface area contributed by atoms with E-state index in [-0.39, 0.29) is 11.4 Å². The van der Waals surface area contributed by atoms with Crippen LogP contribution in [0, 0.1) is 0 Å². The summed E-state index contributed by atoms with van der Waals surface area (Å²) in [6, 6.07) is 10.4. The van der Waals surface area contributed by atoms with E-state index in [1.54, 1.807) is 0 Å². The molecule has 0 atom stereocenters. The van der Waals surface area contributed by atoms with Crippen molar-refractivity contribution in [3.05, 3.63) is 35.9 Å². The summed E-state index contributed by atoms with van der Waals surface area (Å²) in [6.45, 7) is 7.43. The highest BCUT2D eigenvalue weighted by Gasteiger charge is 2.16. The number of hydrogen-bond donors (Lipinski definition) is 2. The molecule has 106 valence electrons. The van der Waals surface area contributed by atoms with Gasteiger partial charge in [-0.25, -0.2) is 0 Å². The van der Waals surface area contributed by atoms with Crippen molar-refractivity contribution < 1.29 is 4.79 Å². The third-order valence-electron chi connectivity index (χ3n) is 3.31. The van der Waals surface area contributed by atoms with Crippen LogP contribution in [-0.4, -0.2) is 24.5 Å². The Labute approximate surface area is 116 Å². The maximum atomic E-state index is 11.7. The second kappa shape index (κ2) is 7.95. The summed E-state index contributed by atoms with van der Waals surface area (Å²) in [7, 11) is 0. The van der Waals surface area contributed by atoms with Gasteiger partial charge in [-0.05, 0) is 45.2 Å². The quantitative estimate of drug-likeness (QED) is 0.707. The third kappa shape index (κ3) is 6.97. The Morgan fingerprint density at radius 3 is 2.53 bits per heavy atom. The fraction of sp³-hybridized carbons (Fsp3) is 0.562. The molecule has 1 aromatic rings. The summed E-state index contributed by atoms with van der Waals surface area (Å²) in [4.78, 5) is 11.7. The van der Waals surface area contributed by atoms with Gasteiger partial charge in [-0.2, -0.15) is 0 Å². The Hall–Kier alpha value is -1.35. The molecule has 2 N–H and O–H groups in total. The largest absolute Gasteiger partial charge is 0.350 e. The van der Waals surface area contributed by atoms with E-state index < -0.39 is 0 Å². The van der Waals surface area contributed by atoms with Gasteiger partial charge >= 0.3 is 0 Å². The standard InChI is InChI=1S/C16H26N2O/c1-4-16(2,3)18-15(19)13-17-12-8-11-14-9-6-5-7-10-14/h5-7,9-10,17H,4,8,11-13H2,1-3H3,(H,18,19). The summed E-state index contributed by atoms with van der Waals surface area (Å²) >= 11 is 0. The van der Waals surface area contributed by atoms with E-state index in [0.29, 0.717) is 6.54 Å². The SMILES string of the molecule is CCC(C)(C)NC(=O)CNCCCc1ccccc1. The van der Waals surface area contributed by atoms with E-state index in [1.807, 2.05) is 19.9 Å². The topological polar surface area (TPSA) is 41.1 Å². The maximum Gasteiger partial charge on any atom is 0.234 e. The molecule has 0 saturated carbocycles. The van der Waals surface area contributed by atoms with Crippen LogP contribution in [-0.2, 0) is 11.2 Å². The zero-order valence-corrected chi connectivity index (χ0v) is 12.3. The van der Waals surface area contributed by atoms with Crippen LogP contribution in [0.3, 0.4) is 0 Å². The average Bonchev–Trinajstić information content (AvgIpc) is 2.39. The van der Waals surface area contributed by atoms with E-state index in [1.165, 1.54) is 5.56 Å². The van der Waals surface area contributed by atoms with Crippen LogP contribution in [0.25, 0.3) is 0 Å². The van der Waals surface area contributed by atoms with Crippen LogP contribution in [0.2, 0.25) is 0 Å². The normalized spacial score (nSPS) is 11.3. The molecule has 0 fully saturated rings. The summed E-state index contributed by atoms with van der Waals surface area (Å²) in [5.74, 6) is 0.0755. The second-order valence-electron chi connectivity index (χ2n) is 5.55. The van der Waals surface area contributed by atoms with E-state index in [2.05, 4.69) is 41.8 Å². The van der Waals surface area contributed by atoms with Crippen LogP contribution in [0.4, 0.5) is 0 Å². The zero-order valence-electron chi connectivity index (χ0n) is 12.3. The van der Waals surface area contributed by atoms with Gasteiger partial charge in [0.15, 0.2) is 0 Å². The number of carbonyl (C=O) groups is 1. The van der Waals surface area contributed by atoms with Gasteiger partial charge in [0.2, 0.25) is 5.91 Å². The van der Waals surface area contributed by atoms with Crippen LogP contribution >= 0.6 is 0 Å². The van der Waals surface area contributed by atoms with Gasteiger partial charge in [-0.1, -0.05) is 37.3 Å². The predicted octanol–water partition coefficient (Wildman–Crippen LogP) is 2.51. The number of hydrogen-bond acceptors (Lipinski definition) is 2. The number of rotatable bonds is 8. The molecule has 1 aromatic carbocycles. The molecule has 0 saturated heterocycles.